The fraction of sp³-hybridized carbons (Fsp3) is 0.333. The second-order valence-electron chi connectivity index (χ2n) is 8.45. The molecule has 3 heterocycles. The van der Waals surface area contributed by atoms with E-state index in [2.05, 4.69) is 36.1 Å². The normalized spacial score (nSPS) is 14.2. The average molecular weight is 594 g/mol. The van der Waals surface area contributed by atoms with Gasteiger partial charge < -0.3 is 13.9 Å². The Hall–Kier alpha value is -3.32. The molecular weight excluding hydrogens is 569 g/mol. The minimum Gasteiger partial charge on any atom is -0.494 e. The van der Waals surface area contributed by atoms with Crippen LogP contribution >= 0.6 is 15.9 Å². The minimum absolute atomic E-state index is 0.0197. The van der Waals surface area contributed by atoms with E-state index in [1.165, 1.54) is 38.1 Å². The first-order valence-electron chi connectivity index (χ1n) is 11.1. The summed E-state index contributed by atoms with van der Waals surface area (Å²) >= 11 is 3.20. The predicted octanol–water partition coefficient (Wildman–Crippen LogP) is 4.59. The van der Waals surface area contributed by atoms with Crippen LogP contribution < -0.4 is 9.47 Å². The van der Waals surface area contributed by atoms with Gasteiger partial charge in [-0.15, -0.1) is 10.2 Å². The molecule has 0 saturated carbocycles. The number of methoxy groups -OCH3 is 2. The molecule has 4 aromatic rings. The topological polar surface area (TPSA) is 122 Å². The van der Waals surface area contributed by atoms with Gasteiger partial charge in [-0.1, -0.05) is 6.07 Å². The summed E-state index contributed by atoms with van der Waals surface area (Å²) in [6.07, 6.45) is 2.73. The van der Waals surface area contributed by atoms with E-state index < -0.39 is 26.5 Å². The summed E-state index contributed by atoms with van der Waals surface area (Å²) in [7, 11) is -1.21. The largest absolute Gasteiger partial charge is 0.494 e. The highest BCUT2D eigenvalue weighted by atomic mass is 79.9. The number of hydrogen-bond donors (Lipinski definition) is 0. The molecule has 4 rings (SSSR count). The molecule has 0 aliphatic carbocycles. The van der Waals surface area contributed by atoms with Gasteiger partial charge in [0.05, 0.1) is 18.7 Å². The molecule has 0 aliphatic heterocycles. The molecule has 196 valence electrons. The van der Waals surface area contributed by atoms with Gasteiger partial charge in [0.2, 0.25) is 5.82 Å². The second kappa shape index (κ2) is 10.2. The lowest BCUT2D eigenvalue weighted by atomic mass is 10.0. The molecule has 0 saturated heterocycles. The van der Waals surface area contributed by atoms with Crippen LogP contribution in [-0.2, 0) is 21.3 Å². The summed E-state index contributed by atoms with van der Waals surface area (Å²) in [5.41, 5.74) is -2.01. The summed E-state index contributed by atoms with van der Waals surface area (Å²) < 4.78 is 61.9. The molecule has 10 nitrogen and oxygen atoms in total. The van der Waals surface area contributed by atoms with Crippen LogP contribution in [0.5, 0.6) is 11.5 Å². The first-order chi connectivity index (χ1) is 17.5. The molecule has 2 atom stereocenters. The van der Waals surface area contributed by atoms with Gasteiger partial charge in [-0.2, -0.15) is 0 Å². The van der Waals surface area contributed by atoms with Crippen molar-refractivity contribution in [2.24, 2.45) is 0 Å². The van der Waals surface area contributed by atoms with Gasteiger partial charge in [0.25, 0.3) is 0 Å². The quantitative estimate of drug-likeness (QED) is 0.274. The number of aryl methyl sites for hydroxylation is 1. The standard InChI is InChI=1S/C24H25BrFN5O5S/c1-14-9-10-19(36-14)22-30-29-20(31(22)21-17(34-4)7-6-8-18(21)35-5)13-37(32,33)15(2)24(3,26)23-27-11-16(25)12-28-23/h6-12,15H,13H2,1-5H3/t15-,24-/m1/s1. The fourth-order valence-electron chi connectivity index (χ4n) is 3.80. The molecular formula is C24H25BrFN5O5S. The van der Waals surface area contributed by atoms with Gasteiger partial charge in [-0.3, -0.25) is 4.57 Å². The van der Waals surface area contributed by atoms with Gasteiger partial charge >= 0.3 is 0 Å². The van der Waals surface area contributed by atoms with Crippen LogP contribution in [0.1, 0.15) is 31.3 Å². The van der Waals surface area contributed by atoms with Gasteiger partial charge in [-0.05, 0) is 61.0 Å². The highest BCUT2D eigenvalue weighted by Gasteiger charge is 2.44. The second-order valence-corrected chi connectivity index (χ2v) is 11.7. The van der Waals surface area contributed by atoms with E-state index >= 15 is 4.39 Å². The Morgan fingerprint density at radius 1 is 1.11 bits per heavy atom. The van der Waals surface area contributed by atoms with Crippen LogP contribution in [0.4, 0.5) is 4.39 Å². The van der Waals surface area contributed by atoms with Crippen LogP contribution in [0.15, 0.2) is 51.6 Å². The lowest BCUT2D eigenvalue weighted by molar-refractivity contribution is 0.174. The molecule has 3 aromatic heterocycles. The molecule has 0 aliphatic rings. The number of rotatable bonds is 9. The van der Waals surface area contributed by atoms with Crippen molar-refractivity contribution in [2.75, 3.05) is 14.2 Å². The highest BCUT2D eigenvalue weighted by molar-refractivity contribution is 9.10. The lowest BCUT2D eigenvalue weighted by Gasteiger charge is -2.26. The Kier molecular flexibility index (Phi) is 7.38. The number of benzene rings is 1. The molecule has 0 radical (unpaired) electrons. The van der Waals surface area contributed by atoms with Gasteiger partial charge in [0.15, 0.2) is 32.9 Å². The number of furan rings is 1. The number of halogens is 2. The van der Waals surface area contributed by atoms with Crippen molar-refractivity contribution in [3.05, 3.63) is 64.6 Å². The molecule has 0 spiro atoms. The maximum absolute atomic E-state index is 15.9. The van der Waals surface area contributed by atoms with Crippen molar-refractivity contribution >= 4 is 25.8 Å². The Morgan fingerprint density at radius 3 is 2.27 bits per heavy atom. The SMILES string of the molecule is COc1cccc(OC)c1-n1c(CS(=O)(=O)[C@H](C)[C@@](C)(F)c2ncc(Br)cn2)nnc1-c1ccc(C)o1. The number of alkyl halides is 1. The molecule has 0 fully saturated rings. The molecule has 0 bridgehead atoms. The summed E-state index contributed by atoms with van der Waals surface area (Å²) in [5, 5.41) is 6.87. The van der Waals surface area contributed by atoms with Crippen molar-refractivity contribution in [3.63, 3.8) is 0 Å². The monoisotopic (exact) mass is 593 g/mol. The zero-order valence-electron chi connectivity index (χ0n) is 20.8. The third-order valence-corrected chi connectivity index (χ3v) is 8.60. The zero-order chi connectivity index (χ0) is 27.0. The van der Waals surface area contributed by atoms with Gasteiger partial charge in [0.1, 0.15) is 33.9 Å². The number of nitrogens with zero attached hydrogens (tertiary/aromatic N) is 5. The van der Waals surface area contributed by atoms with E-state index in [0.717, 1.165) is 6.92 Å². The average Bonchev–Trinajstić information content (AvgIpc) is 3.48. The third-order valence-electron chi connectivity index (χ3n) is 6.01. The van der Waals surface area contributed by atoms with Crippen LogP contribution in [-0.4, -0.2) is 52.6 Å². The van der Waals surface area contributed by atoms with E-state index in [9.17, 15) is 8.42 Å². The fourth-order valence-corrected chi connectivity index (χ4v) is 5.58. The molecule has 37 heavy (non-hydrogen) atoms. The number of hydrogen-bond acceptors (Lipinski definition) is 9. The Bertz CT molecular complexity index is 1500. The van der Waals surface area contributed by atoms with Crippen molar-refractivity contribution in [1.82, 2.24) is 24.7 Å². The van der Waals surface area contributed by atoms with Crippen molar-refractivity contribution in [2.45, 2.75) is 37.4 Å². The van der Waals surface area contributed by atoms with E-state index in [0.29, 0.717) is 33.2 Å². The number of para-hydroxylation sites is 1. The van der Waals surface area contributed by atoms with Crippen LogP contribution in [0, 0.1) is 6.92 Å². The van der Waals surface area contributed by atoms with E-state index in [4.69, 9.17) is 13.9 Å². The highest BCUT2D eigenvalue weighted by Crippen LogP contribution is 2.38. The Balaban J connectivity index is 1.84. The maximum atomic E-state index is 15.9. The third kappa shape index (κ3) is 5.10. The van der Waals surface area contributed by atoms with E-state index in [1.807, 2.05) is 0 Å². The lowest BCUT2D eigenvalue weighted by Crippen LogP contribution is -2.39. The first kappa shape index (κ1) is 26.7. The van der Waals surface area contributed by atoms with Crippen molar-refractivity contribution < 1.29 is 26.7 Å². The molecule has 0 N–H and O–H groups in total. The Labute approximate surface area is 221 Å². The van der Waals surface area contributed by atoms with Gasteiger partial charge in [-0.25, -0.2) is 22.8 Å². The Morgan fingerprint density at radius 2 is 1.73 bits per heavy atom. The van der Waals surface area contributed by atoms with Crippen molar-refractivity contribution in [3.8, 4) is 28.8 Å². The van der Waals surface area contributed by atoms with Crippen molar-refractivity contribution in [1.29, 1.82) is 0 Å². The smallest absolute Gasteiger partial charge is 0.204 e. The van der Waals surface area contributed by atoms with E-state index in [-0.39, 0.29) is 17.5 Å². The molecule has 13 heteroatoms. The van der Waals surface area contributed by atoms with Crippen LogP contribution in [0.25, 0.3) is 17.3 Å². The first-order valence-corrected chi connectivity index (χ1v) is 13.6. The predicted molar refractivity (Wildman–Crippen MR) is 137 cm³/mol. The summed E-state index contributed by atoms with van der Waals surface area (Å²) in [6, 6.07) is 8.56. The summed E-state index contributed by atoms with van der Waals surface area (Å²) in [5.74, 6) is 1.11. The molecule has 0 amide bonds. The number of ether oxygens (including phenoxy) is 2. The maximum Gasteiger partial charge on any atom is 0.204 e. The zero-order valence-corrected chi connectivity index (χ0v) is 23.2. The summed E-state index contributed by atoms with van der Waals surface area (Å²) in [4.78, 5) is 7.94. The molecule has 0 unspecified atom stereocenters. The van der Waals surface area contributed by atoms with Crippen LogP contribution in [0.3, 0.4) is 0 Å². The molecule has 1 aromatic carbocycles. The number of sulfone groups is 1. The summed E-state index contributed by atoms with van der Waals surface area (Å²) in [6.45, 7) is 4.19. The van der Waals surface area contributed by atoms with E-state index in [1.54, 1.807) is 37.3 Å². The van der Waals surface area contributed by atoms with Gasteiger partial charge in [0, 0.05) is 12.4 Å². The number of aromatic nitrogens is 5. The van der Waals surface area contributed by atoms with Crippen LogP contribution in [0.2, 0.25) is 0 Å². The minimum atomic E-state index is -4.16.